The third kappa shape index (κ3) is 3.19. The van der Waals surface area contributed by atoms with Crippen LogP contribution in [0.3, 0.4) is 0 Å². The Labute approximate surface area is 116 Å². The van der Waals surface area contributed by atoms with Crippen molar-refractivity contribution in [1.82, 2.24) is 0 Å². The Hall–Kier alpha value is -1.83. The van der Waals surface area contributed by atoms with Crippen LogP contribution in [-0.4, -0.2) is 5.78 Å². The number of nitrogens with zero attached hydrogens (tertiary/aromatic N) is 1. The molecule has 2 nitrogen and oxygen atoms in total. The summed E-state index contributed by atoms with van der Waals surface area (Å²) in [4.78, 5) is 11.9. The fourth-order valence-electron chi connectivity index (χ4n) is 2.13. The van der Waals surface area contributed by atoms with E-state index in [-0.39, 0.29) is 12.0 Å². The molecule has 0 saturated carbocycles. The summed E-state index contributed by atoms with van der Waals surface area (Å²) in [6.45, 7) is 3.15. The first-order valence-corrected chi connectivity index (χ1v) is 6.38. The molecule has 1 rings (SSSR count). The predicted octanol–water partition coefficient (Wildman–Crippen LogP) is 4.25. The van der Waals surface area contributed by atoms with Crippen LogP contribution in [0.25, 0.3) is 0 Å². The molecule has 1 aromatic carbocycles. The SMILES string of the molecule is CCCCC(C#N)(C(C)=O)c1cccc(C(F)(F)F)c1. The number of ketones is 1. The fourth-order valence-corrected chi connectivity index (χ4v) is 2.13. The van der Waals surface area contributed by atoms with Crippen LogP contribution in [0, 0.1) is 11.3 Å². The molecule has 5 heteroatoms. The van der Waals surface area contributed by atoms with E-state index in [1.807, 2.05) is 13.0 Å². The number of alkyl halides is 3. The Morgan fingerprint density at radius 3 is 2.35 bits per heavy atom. The second-order valence-corrected chi connectivity index (χ2v) is 4.76. The van der Waals surface area contributed by atoms with Crippen molar-refractivity contribution >= 4 is 5.78 Å². The van der Waals surface area contributed by atoms with Crippen LogP contribution in [0.5, 0.6) is 0 Å². The Kier molecular flexibility index (Phi) is 4.93. The van der Waals surface area contributed by atoms with E-state index in [1.165, 1.54) is 19.1 Å². The topological polar surface area (TPSA) is 40.9 Å². The standard InChI is InChI=1S/C15H16F3NO/c1-3-4-8-14(10-19,11(2)20)12-6-5-7-13(9-12)15(16,17)18/h5-7,9H,3-4,8H2,1-2H3. The lowest BCUT2D eigenvalue weighted by Gasteiger charge is -2.25. The average molecular weight is 283 g/mol. The Balaban J connectivity index is 3.35. The summed E-state index contributed by atoms with van der Waals surface area (Å²) in [6.07, 6.45) is -2.89. The zero-order chi connectivity index (χ0) is 15.4. The molecule has 0 aromatic heterocycles. The highest BCUT2D eigenvalue weighted by Crippen LogP contribution is 2.35. The van der Waals surface area contributed by atoms with Crippen LogP contribution >= 0.6 is 0 Å². The van der Waals surface area contributed by atoms with Gasteiger partial charge >= 0.3 is 6.18 Å². The van der Waals surface area contributed by atoms with Crippen LogP contribution in [0.15, 0.2) is 24.3 Å². The molecule has 20 heavy (non-hydrogen) atoms. The van der Waals surface area contributed by atoms with Gasteiger partial charge in [-0.05, 0) is 31.0 Å². The molecule has 0 N–H and O–H groups in total. The number of benzene rings is 1. The van der Waals surface area contributed by atoms with E-state index in [4.69, 9.17) is 0 Å². The number of halogens is 3. The van der Waals surface area contributed by atoms with Crippen LogP contribution in [0.2, 0.25) is 0 Å². The molecule has 0 radical (unpaired) electrons. The maximum Gasteiger partial charge on any atom is 0.416 e. The van der Waals surface area contributed by atoms with Crippen molar-refractivity contribution in [1.29, 1.82) is 5.26 Å². The minimum absolute atomic E-state index is 0.121. The highest BCUT2D eigenvalue weighted by Gasteiger charge is 2.39. The molecule has 0 bridgehead atoms. The molecule has 0 saturated heterocycles. The van der Waals surface area contributed by atoms with E-state index in [1.54, 1.807) is 0 Å². The smallest absolute Gasteiger partial charge is 0.298 e. The first kappa shape index (κ1) is 16.2. The quantitative estimate of drug-likeness (QED) is 0.810. The van der Waals surface area contributed by atoms with Gasteiger partial charge in [-0.2, -0.15) is 18.4 Å². The molecule has 1 atom stereocenters. The molecular weight excluding hydrogens is 267 g/mol. The number of hydrogen-bond acceptors (Lipinski definition) is 2. The van der Waals surface area contributed by atoms with Gasteiger partial charge in [0.05, 0.1) is 11.6 Å². The summed E-state index contributed by atoms with van der Waals surface area (Å²) >= 11 is 0. The van der Waals surface area contributed by atoms with Crippen molar-refractivity contribution in [3.8, 4) is 6.07 Å². The van der Waals surface area contributed by atoms with Gasteiger partial charge in [0.2, 0.25) is 0 Å². The van der Waals surface area contributed by atoms with Gasteiger partial charge in [-0.1, -0.05) is 31.9 Å². The molecule has 0 spiro atoms. The largest absolute Gasteiger partial charge is 0.416 e. The number of hydrogen-bond donors (Lipinski definition) is 0. The normalized spacial score (nSPS) is 14.4. The zero-order valence-electron chi connectivity index (χ0n) is 11.4. The Bertz CT molecular complexity index is 531. The summed E-state index contributed by atoms with van der Waals surface area (Å²) in [5, 5.41) is 9.37. The molecule has 1 unspecified atom stereocenters. The second-order valence-electron chi connectivity index (χ2n) is 4.76. The first-order chi connectivity index (χ1) is 9.28. The van der Waals surface area contributed by atoms with Crippen LogP contribution in [0.1, 0.15) is 44.2 Å². The minimum Gasteiger partial charge on any atom is -0.298 e. The van der Waals surface area contributed by atoms with E-state index >= 15 is 0 Å². The highest BCUT2D eigenvalue weighted by molar-refractivity contribution is 5.91. The van der Waals surface area contributed by atoms with Gasteiger partial charge in [0.1, 0.15) is 5.41 Å². The minimum atomic E-state index is -4.49. The van der Waals surface area contributed by atoms with Gasteiger partial charge in [-0.25, -0.2) is 0 Å². The molecule has 0 aliphatic carbocycles. The number of Topliss-reactive ketones (excluding diaryl/α,β-unsaturated/α-hetero) is 1. The van der Waals surface area contributed by atoms with E-state index in [0.717, 1.165) is 18.6 Å². The second kappa shape index (κ2) is 6.08. The lowest BCUT2D eigenvalue weighted by molar-refractivity contribution is -0.137. The maximum absolute atomic E-state index is 12.7. The number of rotatable bonds is 5. The fraction of sp³-hybridized carbons (Fsp3) is 0.467. The molecule has 0 amide bonds. The van der Waals surface area contributed by atoms with Crippen molar-refractivity contribution in [3.05, 3.63) is 35.4 Å². The lowest BCUT2D eigenvalue weighted by Crippen LogP contribution is -2.33. The molecule has 0 aliphatic rings. The summed E-state index contributed by atoms with van der Waals surface area (Å²) in [5.74, 6) is -0.423. The third-order valence-electron chi connectivity index (χ3n) is 3.38. The summed E-state index contributed by atoms with van der Waals surface area (Å²) in [5.41, 5.74) is -2.21. The van der Waals surface area contributed by atoms with Crippen molar-refractivity contribution in [2.75, 3.05) is 0 Å². The molecule has 0 fully saturated rings. The Morgan fingerprint density at radius 1 is 1.30 bits per heavy atom. The maximum atomic E-state index is 12.7. The number of nitriles is 1. The third-order valence-corrected chi connectivity index (χ3v) is 3.38. The zero-order valence-corrected chi connectivity index (χ0v) is 11.4. The molecule has 0 heterocycles. The summed E-state index contributed by atoms with van der Waals surface area (Å²) in [6, 6.07) is 6.41. The van der Waals surface area contributed by atoms with E-state index < -0.39 is 22.9 Å². The van der Waals surface area contributed by atoms with Crippen LogP contribution in [0.4, 0.5) is 13.2 Å². The molecule has 0 aliphatic heterocycles. The van der Waals surface area contributed by atoms with Gasteiger partial charge in [-0.15, -0.1) is 0 Å². The summed E-state index contributed by atoms with van der Waals surface area (Å²) < 4.78 is 38.2. The summed E-state index contributed by atoms with van der Waals surface area (Å²) in [7, 11) is 0. The van der Waals surface area contributed by atoms with Crippen LogP contribution < -0.4 is 0 Å². The van der Waals surface area contributed by atoms with Gasteiger partial charge in [0.15, 0.2) is 5.78 Å². The number of unbranched alkanes of at least 4 members (excludes halogenated alkanes) is 1. The van der Waals surface area contributed by atoms with Crippen molar-refractivity contribution in [3.63, 3.8) is 0 Å². The van der Waals surface area contributed by atoms with E-state index in [2.05, 4.69) is 0 Å². The number of carbonyl (C=O) groups excluding carboxylic acids is 1. The molecule has 108 valence electrons. The monoisotopic (exact) mass is 283 g/mol. The molecular formula is C15H16F3NO. The number of carbonyl (C=O) groups is 1. The van der Waals surface area contributed by atoms with E-state index in [9.17, 15) is 23.2 Å². The van der Waals surface area contributed by atoms with Gasteiger partial charge in [0, 0.05) is 0 Å². The highest BCUT2D eigenvalue weighted by atomic mass is 19.4. The lowest BCUT2D eigenvalue weighted by atomic mass is 9.74. The van der Waals surface area contributed by atoms with Crippen molar-refractivity contribution in [2.24, 2.45) is 0 Å². The van der Waals surface area contributed by atoms with Gasteiger partial charge < -0.3 is 0 Å². The van der Waals surface area contributed by atoms with Gasteiger partial charge in [-0.3, -0.25) is 4.79 Å². The van der Waals surface area contributed by atoms with Crippen molar-refractivity contribution in [2.45, 2.75) is 44.7 Å². The van der Waals surface area contributed by atoms with Gasteiger partial charge in [0.25, 0.3) is 0 Å². The molecule has 1 aromatic rings. The van der Waals surface area contributed by atoms with Crippen molar-refractivity contribution < 1.29 is 18.0 Å². The predicted molar refractivity (Wildman–Crippen MR) is 68.9 cm³/mol. The van der Waals surface area contributed by atoms with Crippen LogP contribution in [-0.2, 0) is 16.4 Å². The Morgan fingerprint density at radius 2 is 1.90 bits per heavy atom. The van der Waals surface area contributed by atoms with E-state index in [0.29, 0.717) is 6.42 Å². The average Bonchev–Trinajstić information content (AvgIpc) is 2.39. The first-order valence-electron chi connectivity index (χ1n) is 6.38.